The molecule has 0 unspecified atom stereocenters. The lowest BCUT2D eigenvalue weighted by Crippen LogP contribution is -2.43. The highest BCUT2D eigenvalue weighted by Crippen LogP contribution is 2.26. The summed E-state index contributed by atoms with van der Waals surface area (Å²) in [6, 6.07) is 9.39. The van der Waals surface area contributed by atoms with Gasteiger partial charge in [0.1, 0.15) is 16.6 Å². The van der Waals surface area contributed by atoms with Crippen LogP contribution in [0, 0.1) is 5.92 Å². The molecule has 1 aliphatic rings. The van der Waals surface area contributed by atoms with E-state index in [1.807, 2.05) is 0 Å². The van der Waals surface area contributed by atoms with E-state index in [-0.39, 0.29) is 23.3 Å². The number of nitrogens with one attached hydrogen (secondary N) is 1. The van der Waals surface area contributed by atoms with Crippen molar-refractivity contribution in [1.29, 1.82) is 0 Å². The summed E-state index contributed by atoms with van der Waals surface area (Å²) in [6.45, 7) is 1.16. The molecule has 1 aliphatic heterocycles. The standard InChI is InChI=1S/C20H27N3O6S3/c1-22(2)31(25,26)18-7-5-17(6-8-18)29-14-11-21-20(24)16-9-12-23(13-10-16)32(27,28)19-4-3-15-30-19/h3-8,15-16H,9-14H2,1-2H3,(H,21,24). The lowest BCUT2D eigenvalue weighted by atomic mass is 9.97. The van der Waals surface area contributed by atoms with Gasteiger partial charge in [0.05, 0.1) is 11.4 Å². The van der Waals surface area contributed by atoms with E-state index in [1.54, 1.807) is 29.6 Å². The van der Waals surface area contributed by atoms with Crippen molar-refractivity contribution in [2.24, 2.45) is 5.92 Å². The average molecular weight is 502 g/mol. The second-order valence-electron chi connectivity index (χ2n) is 7.51. The highest BCUT2D eigenvalue weighted by molar-refractivity contribution is 7.91. The number of thiophene rings is 1. The number of benzene rings is 1. The minimum absolute atomic E-state index is 0.116. The predicted molar refractivity (Wildman–Crippen MR) is 122 cm³/mol. The number of rotatable bonds is 9. The average Bonchev–Trinajstić information content (AvgIpc) is 3.33. The Morgan fingerprint density at radius 3 is 2.34 bits per heavy atom. The monoisotopic (exact) mass is 501 g/mol. The lowest BCUT2D eigenvalue weighted by molar-refractivity contribution is -0.126. The largest absolute Gasteiger partial charge is 0.492 e. The molecule has 1 fully saturated rings. The van der Waals surface area contributed by atoms with Crippen molar-refractivity contribution in [2.75, 3.05) is 40.3 Å². The van der Waals surface area contributed by atoms with Crippen molar-refractivity contribution in [1.82, 2.24) is 13.9 Å². The summed E-state index contributed by atoms with van der Waals surface area (Å²) in [5.74, 6) is 0.151. The fraction of sp³-hybridized carbons (Fsp3) is 0.450. The quantitative estimate of drug-likeness (QED) is 0.522. The number of hydrogen-bond acceptors (Lipinski definition) is 7. The Bertz CT molecular complexity index is 1110. The molecule has 0 atom stereocenters. The molecule has 12 heteroatoms. The van der Waals surface area contributed by atoms with Crippen LogP contribution >= 0.6 is 11.3 Å². The highest BCUT2D eigenvalue weighted by atomic mass is 32.2. The van der Waals surface area contributed by atoms with E-state index in [0.29, 0.717) is 42.4 Å². The Balaban J connectivity index is 1.41. The molecular weight excluding hydrogens is 474 g/mol. The molecule has 1 aromatic heterocycles. The molecule has 9 nitrogen and oxygen atoms in total. The molecular formula is C20H27N3O6S3. The second kappa shape index (κ2) is 10.3. The van der Waals surface area contributed by atoms with Crippen LogP contribution in [-0.4, -0.2) is 71.7 Å². The molecule has 0 bridgehead atoms. The maximum absolute atomic E-state index is 12.6. The van der Waals surface area contributed by atoms with Gasteiger partial charge in [-0.2, -0.15) is 4.31 Å². The second-order valence-corrected chi connectivity index (χ2v) is 12.8. The number of nitrogens with zero attached hydrogens (tertiary/aromatic N) is 2. The van der Waals surface area contributed by atoms with Gasteiger partial charge in [-0.15, -0.1) is 11.3 Å². The SMILES string of the molecule is CN(C)S(=O)(=O)c1ccc(OCCNC(=O)C2CCN(S(=O)(=O)c3cccs3)CC2)cc1. The van der Waals surface area contributed by atoms with Gasteiger partial charge in [0, 0.05) is 33.1 Å². The first kappa shape index (κ1) is 24.6. The van der Waals surface area contributed by atoms with Gasteiger partial charge in [-0.1, -0.05) is 6.07 Å². The van der Waals surface area contributed by atoms with E-state index in [4.69, 9.17) is 4.74 Å². The number of ether oxygens (including phenoxy) is 1. The molecule has 1 amide bonds. The summed E-state index contributed by atoms with van der Waals surface area (Å²) in [7, 11) is -4.03. The van der Waals surface area contributed by atoms with E-state index in [2.05, 4.69) is 5.32 Å². The van der Waals surface area contributed by atoms with E-state index < -0.39 is 20.0 Å². The molecule has 3 rings (SSSR count). The van der Waals surface area contributed by atoms with E-state index in [9.17, 15) is 21.6 Å². The summed E-state index contributed by atoms with van der Waals surface area (Å²) < 4.78 is 57.7. The number of carbonyl (C=O) groups is 1. The molecule has 0 saturated carbocycles. The van der Waals surface area contributed by atoms with Crippen molar-refractivity contribution >= 4 is 37.3 Å². The fourth-order valence-electron chi connectivity index (χ4n) is 3.30. The van der Waals surface area contributed by atoms with Gasteiger partial charge in [0.2, 0.25) is 15.9 Å². The van der Waals surface area contributed by atoms with Crippen LogP contribution in [0.15, 0.2) is 50.9 Å². The van der Waals surface area contributed by atoms with Gasteiger partial charge in [0.25, 0.3) is 10.0 Å². The fourth-order valence-corrected chi connectivity index (χ4v) is 6.82. The van der Waals surface area contributed by atoms with Gasteiger partial charge in [0.15, 0.2) is 0 Å². The van der Waals surface area contributed by atoms with Crippen LogP contribution in [-0.2, 0) is 24.8 Å². The first-order chi connectivity index (χ1) is 15.1. The Hall–Kier alpha value is -1.99. The van der Waals surface area contributed by atoms with E-state index >= 15 is 0 Å². The van der Waals surface area contributed by atoms with Crippen LogP contribution in [0.1, 0.15) is 12.8 Å². The van der Waals surface area contributed by atoms with Gasteiger partial charge < -0.3 is 10.1 Å². The van der Waals surface area contributed by atoms with Gasteiger partial charge >= 0.3 is 0 Å². The molecule has 1 saturated heterocycles. The molecule has 0 spiro atoms. The first-order valence-electron chi connectivity index (χ1n) is 10.1. The number of sulfonamides is 2. The molecule has 0 radical (unpaired) electrons. The molecule has 1 aromatic carbocycles. The van der Waals surface area contributed by atoms with Crippen LogP contribution in [0.25, 0.3) is 0 Å². The minimum Gasteiger partial charge on any atom is -0.492 e. The third-order valence-electron chi connectivity index (χ3n) is 5.19. The summed E-state index contributed by atoms with van der Waals surface area (Å²) >= 11 is 1.19. The maximum Gasteiger partial charge on any atom is 0.252 e. The molecule has 2 heterocycles. The first-order valence-corrected chi connectivity index (χ1v) is 13.8. The lowest BCUT2D eigenvalue weighted by Gasteiger charge is -2.30. The van der Waals surface area contributed by atoms with Gasteiger partial charge in [-0.05, 0) is 48.6 Å². The minimum atomic E-state index is -3.49. The van der Waals surface area contributed by atoms with Crippen molar-refractivity contribution < 1.29 is 26.4 Å². The number of carbonyl (C=O) groups excluding carboxylic acids is 1. The third-order valence-corrected chi connectivity index (χ3v) is 10.3. The zero-order chi connectivity index (χ0) is 23.4. The zero-order valence-corrected chi connectivity index (χ0v) is 20.4. The molecule has 32 heavy (non-hydrogen) atoms. The number of piperidine rings is 1. The summed E-state index contributed by atoms with van der Waals surface area (Å²) in [6.07, 6.45) is 0.943. The molecule has 0 aliphatic carbocycles. The maximum atomic E-state index is 12.6. The molecule has 176 valence electrons. The van der Waals surface area contributed by atoms with E-state index in [1.165, 1.54) is 41.9 Å². The van der Waals surface area contributed by atoms with Gasteiger partial charge in [-0.25, -0.2) is 21.1 Å². The Labute approximate surface area is 193 Å². The van der Waals surface area contributed by atoms with Crippen molar-refractivity contribution in [3.05, 3.63) is 41.8 Å². The summed E-state index contributed by atoms with van der Waals surface area (Å²) in [5, 5.41) is 4.55. The Morgan fingerprint density at radius 1 is 1.12 bits per heavy atom. The van der Waals surface area contributed by atoms with Gasteiger partial charge in [-0.3, -0.25) is 4.79 Å². The van der Waals surface area contributed by atoms with Crippen LogP contribution in [0.2, 0.25) is 0 Å². The Morgan fingerprint density at radius 2 is 1.78 bits per heavy atom. The van der Waals surface area contributed by atoms with Crippen LogP contribution < -0.4 is 10.1 Å². The number of hydrogen-bond donors (Lipinski definition) is 1. The van der Waals surface area contributed by atoms with Crippen LogP contribution in [0.5, 0.6) is 5.75 Å². The van der Waals surface area contributed by atoms with E-state index in [0.717, 1.165) is 4.31 Å². The predicted octanol–water partition coefficient (Wildman–Crippen LogP) is 1.59. The van der Waals surface area contributed by atoms with Crippen molar-refractivity contribution in [3.8, 4) is 5.75 Å². The van der Waals surface area contributed by atoms with Crippen molar-refractivity contribution in [2.45, 2.75) is 21.9 Å². The summed E-state index contributed by atoms with van der Waals surface area (Å²) in [4.78, 5) is 12.6. The summed E-state index contributed by atoms with van der Waals surface area (Å²) in [5.41, 5.74) is 0. The Kier molecular flexibility index (Phi) is 7.93. The third kappa shape index (κ3) is 5.67. The topological polar surface area (TPSA) is 113 Å². The zero-order valence-electron chi connectivity index (χ0n) is 17.9. The number of amides is 1. The molecule has 1 N–H and O–H groups in total. The van der Waals surface area contributed by atoms with Crippen LogP contribution in [0.3, 0.4) is 0 Å². The molecule has 2 aromatic rings. The smallest absolute Gasteiger partial charge is 0.252 e. The highest BCUT2D eigenvalue weighted by Gasteiger charge is 2.32. The normalized spacial score (nSPS) is 16.2. The van der Waals surface area contributed by atoms with Crippen LogP contribution in [0.4, 0.5) is 0 Å². The van der Waals surface area contributed by atoms with Crippen molar-refractivity contribution in [3.63, 3.8) is 0 Å².